The summed E-state index contributed by atoms with van der Waals surface area (Å²) < 4.78 is 5.31. The van der Waals surface area contributed by atoms with Gasteiger partial charge in [-0.2, -0.15) is 0 Å². The van der Waals surface area contributed by atoms with Gasteiger partial charge in [0.1, 0.15) is 5.75 Å². The van der Waals surface area contributed by atoms with E-state index in [0.717, 1.165) is 22.6 Å². The number of carbonyl (C=O) groups is 1. The Morgan fingerprint density at radius 3 is 2.47 bits per heavy atom. The first-order chi connectivity index (χ1) is 7.13. The second-order valence-corrected chi connectivity index (χ2v) is 3.66. The van der Waals surface area contributed by atoms with Crippen molar-refractivity contribution in [3.05, 3.63) is 35.5 Å². The van der Waals surface area contributed by atoms with Crippen molar-refractivity contribution >= 4 is 11.6 Å². The van der Waals surface area contributed by atoms with Crippen LogP contribution in [0.4, 0.5) is 5.69 Å². The summed E-state index contributed by atoms with van der Waals surface area (Å²) in [5.41, 5.74) is 2.99. The molecular weight excluding hydrogens is 190 g/mol. The van der Waals surface area contributed by atoms with Crippen LogP contribution in [-0.4, -0.2) is 13.0 Å². The van der Waals surface area contributed by atoms with E-state index in [1.165, 1.54) is 6.08 Å². The molecule has 1 aromatic rings. The predicted octanol–water partition coefficient (Wildman–Crippen LogP) is 2.17. The normalized spacial score (nSPS) is 14.1. The molecule has 0 saturated heterocycles. The van der Waals surface area contributed by atoms with Crippen molar-refractivity contribution in [2.45, 2.75) is 13.8 Å². The van der Waals surface area contributed by atoms with Crippen LogP contribution < -0.4 is 9.64 Å². The first-order valence-corrected chi connectivity index (χ1v) is 4.80. The Kier molecular flexibility index (Phi) is 2.23. The monoisotopic (exact) mass is 203 g/mol. The van der Waals surface area contributed by atoms with Gasteiger partial charge in [-0.3, -0.25) is 9.69 Å². The molecule has 1 aliphatic rings. The van der Waals surface area contributed by atoms with Gasteiger partial charge in [-0.15, -0.1) is 0 Å². The van der Waals surface area contributed by atoms with Crippen molar-refractivity contribution < 1.29 is 9.53 Å². The number of hydrogen-bond acceptors (Lipinski definition) is 2. The van der Waals surface area contributed by atoms with E-state index >= 15 is 0 Å². The van der Waals surface area contributed by atoms with Crippen LogP contribution >= 0.6 is 0 Å². The summed E-state index contributed by atoms with van der Waals surface area (Å²) in [5, 5.41) is 0. The zero-order chi connectivity index (χ0) is 11.0. The third-order valence-corrected chi connectivity index (χ3v) is 2.47. The van der Waals surface area contributed by atoms with Gasteiger partial charge in [-0.05, 0) is 31.0 Å². The molecule has 0 spiro atoms. The molecule has 0 unspecified atom stereocenters. The topological polar surface area (TPSA) is 29.5 Å². The smallest absolute Gasteiger partial charge is 0.256 e. The maximum Gasteiger partial charge on any atom is 0.256 e. The first kappa shape index (κ1) is 9.77. The van der Waals surface area contributed by atoms with E-state index in [0.29, 0.717) is 0 Å². The number of nitrogens with zero attached hydrogens (tertiary/aromatic N) is 1. The molecule has 3 heteroatoms. The lowest BCUT2D eigenvalue weighted by Gasteiger charge is -2.26. The Morgan fingerprint density at radius 1 is 1.27 bits per heavy atom. The van der Waals surface area contributed by atoms with E-state index in [1.54, 1.807) is 18.2 Å². The molecule has 0 bridgehead atoms. The van der Waals surface area contributed by atoms with Crippen LogP contribution in [0.25, 0.3) is 0 Å². The van der Waals surface area contributed by atoms with Gasteiger partial charge in [0.25, 0.3) is 5.91 Å². The quantitative estimate of drug-likeness (QED) is 0.737. The van der Waals surface area contributed by atoms with Crippen LogP contribution in [0.3, 0.4) is 0 Å². The number of methoxy groups -OCH3 is 1. The highest BCUT2D eigenvalue weighted by molar-refractivity contribution is 6.10. The largest absolute Gasteiger partial charge is 0.494 e. The van der Waals surface area contributed by atoms with Crippen LogP contribution in [0.1, 0.15) is 11.1 Å². The summed E-state index contributed by atoms with van der Waals surface area (Å²) in [6, 6.07) is 3.99. The fourth-order valence-electron chi connectivity index (χ4n) is 1.79. The highest BCUT2D eigenvalue weighted by Gasteiger charge is 2.22. The van der Waals surface area contributed by atoms with Gasteiger partial charge >= 0.3 is 0 Å². The average molecular weight is 203 g/mol. The molecule has 0 atom stereocenters. The molecule has 0 radical (unpaired) electrons. The summed E-state index contributed by atoms with van der Waals surface area (Å²) in [6.45, 7) is 3.98. The highest BCUT2D eigenvalue weighted by Crippen LogP contribution is 2.35. The van der Waals surface area contributed by atoms with Gasteiger partial charge in [0.15, 0.2) is 0 Å². The Hall–Kier alpha value is -1.77. The van der Waals surface area contributed by atoms with Crippen LogP contribution in [0.2, 0.25) is 0 Å². The Balaban J connectivity index is 2.54. The maximum atomic E-state index is 11.3. The molecule has 1 aromatic carbocycles. The molecule has 0 aliphatic carbocycles. The summed E-state index contributed by atoms with van der Waals surface area (Å²) in [7, 11) is 1.62. The minimum absolute atomic E-state index is 0.00157. The zero-order valence-electron chi connectivity index (χ0n) is 9.07. The molecular formula is C12H13NO2. The molecule has 78 valence electrons. The number of benzene rings is 1. The number of ether oxygens (including phenoxy) is 1. The van der Waals surface area contributed by atoms with Crippen molar-refractivity contribution in [3.63, 3.8) is 0 Å². The minimum Gasteiger partial charge on any atom is -0.494 e. The van der Waals surface area contributed by atoms with Crippen molar-refractivity contribution in [3.8, 4) is 5.75 Å². The van der Waals surface area contributed by atoms with E-state index in [9.17, 15) is 4.79 Å². The minimum atomic E-state index is -0.00157. The van der Waals surface area contributed by atoms with Crippen molar-refractivity contribution in [2.75, 3.05) is 12.0 Å². The summed E-state index contributed by atoms with van der Waals surface area (Å²) in [5.74, 6) is 0.761. The number of amides is 1. The molecule has 15 heavy (non-hydrogen) atoms. The summed E-state index contributed by atoms with van der Waals surface area (Å²) >= 11 is 0. The molecule has 3 nitrogen and oxygen atoms in total. The SMILES string of the molecule is COc1c(C)cc(C)cc1N1C=CC1=O. The van der Waals surface area contributed by atoms with Crippen LogP contribution in [0.15, 0.2) is 24.4 Å². The van der Waals surface area contributed by atoms with Gasteiger partial charge in [0, 0.05) is 12.3 Å². The number of carbonyl (C=O) groups excluding carboxylic acids is 1. The van der Waals surface area contributed by atoms with Gasteiger partial charge < -0.3 is 4.74 Å². The second kappa shape index (κ2) is 3.42. The van der Waals surface area contributed by atoms with Crippen molar-refractivity contribution in [1.29, 1.82) is 0 Å². The van der Waals surface area contributed by atoms with E-state index in [-0.39, 0.29) is 5.91 Å². The van der Waals surface area contributed by atoms with Crippen LogP contribution in [0.5, 0.6) is 5.75 Å². The zero-order valence-corrected chi connectivity index (χ0v) is 9.07. The molecule has 0 saturated carbocycles. The molecule has 2 rings (SSSR count). The van der Waals surface area contributed by atoms with E-state index < -0.39 is 0 Å². The van der Waals surface area contributed by atoms with Crippen LogP contribution in [0, 0.1) is 13.8 Å². The van der Waals surface area contributed by atoms with E-state index in [2.05, 4.69) is 0 Å². The molecule has 1 amide bonds. The number of hydrogen-bond donors (Lipinski definition) is 0. The third-order valence-electron chi connectivity index (χ3n) is 2.47. The van der Waals surface area contributed by atoms with Crippen molar-refractivity contribution in [1.82, 2.24) is 0 Å². The van der Waals surface area contributed by atoms with Gasteiger partial charge in [-0.1, -0.05) is 6.07 Å². The molecule has 0 aromatic heterocycles. The lowest BCUT2D eigenvalue weighted by molar-refractivity contribution is -0.114. The second-order valence-electron chi connectivity index (χ2n) is 3.66. The van der Waals surface area contributed by atoms with Gasteiger partial charge in [0.05, 0.1) is 12.8 Å². The summed E-state index contributed by atoms with van der Waals surface area (Å²) in [6.07, 6.45) is 3.29. The third kappa shape index (κ3) is 1.50. The molecule has 0 fully saturated rings. The van der Waals surface area contributed by atoms with Gasteiger partial charge in [-0.25, -0.2) is 0 Å². The number of aryl methyl sites for hydroxylation is 2. The molecule has 1 aliphatic heterocycles. The lowest BCUT2D eigenvalue weighted by atomic mass is 10.1. The molecule has 1 heterocycles. The number of anilines is 1. The van der Waals surface area contributed by atoms with Crippen LogP contribution in [-0.2, 0) is 4.79 Å². The van der Waals surface area contributed by atoms with E-state index in [1.807, 2.05) is 26.0 Å². The van der Waals surface area contributed by atoms with Gasteiger partial charge in [0.2, 0.25) is 0 Å². The summed E-state index contributed by atoms with van der Waals surface area (Å²) in [4.78, 5) is 12.9. The predicted molar refractivity (Wildman–Crippen MR) is 59.1 cm³/mol. The lowest BCUT2D eigenvalue weighted by Crippen LogP contribution is -2.31. The van der Waals surface area contributed by atoms with Crippen molar-refractivity contribution in [2.24, 2.45) is 0 Å². The Morgan fingerprint density at radius 2 is 2.00 bits per heavy atom. The molecule has 0 N–H and O–H groups in total. The first-order valence-electron chi connectivity index (χ1n) is 4.80. The fourth-order valence-corrected chi connectivity index (χ4v) is 1.79. The average Bonchev–Trinajstić information content (AvgIpc) is 2.15. The Bertz CT molecular complexity index is 449. The standard InChI is InChI=1S/C12H13NO2/c1-8-6-9(2)12(15-3)10(7-8)13-5-4-11(13)14/h4-7H,1-3H3. The fraction of sp³-hybridized carbons (Fsp3) is 0.250. The number of rotatable bonds is 2. The Labute approximate surface area is 89.0 Å². The van der Waals surface area contributed by atoms with E-state index in [4.69, 9.17) is 4.74 Å². The highest BCUT2D eigenvalue weighted by atomic mass is 16.5. The maximum absolute atomic E-state index is 11.3.